The van der Waals surface area contributed by atoms with Crippen LogP contribution in [0.1, 0.15) is 26.7 Å². The minimum Gasteiger partial charge on any atom is -0.350 e. The zero-order valence-corrected chi connectivity index (χ0v) is 8.06. The molecule has 12 heavy (non-hydrogen) atoms. The highest BCUT2D eigenvalue weighted by atomic mass is 16.7. The summed E-state index contributed by atoms with van der Waals surface area (Å²) < 4.78 is 11.3. The first-order valence-corrected chi connectivity index (χ1v) is 4.81. The first kappa shape index (κ1) is 9.96. The Morgan fingerprint density at radius 3 is 2.00 bits per heavy atom. The Morgan fingerprint density at radius 1 is 1.08 bits per heavy atom. The van der Waals surface area contributed by atoms with Gasteiger partial charge in [0.05, 0.1) is 0 Å². The van der Waals surface area contributed by atoms with Crippen molar-refractivity contribution in [2.45, 2.75) is 32.5 Å². The highest BCUT2D eigenvalue weighted by molar-refractivity contribution is 4.77. The van der Waals surface area contributed by atoms with E-state index in [9.17, 15) is 0 Å². The average Bonchev–Trinajstić information content (AvgIpc) is 2.07. The Balaban J connectivity index is 2.44. The van der Waals surface area contributed by atoms with Gasteiger partial charge >= 0.3 is 0 Å². The molecule has 1 rings (SSSR count). The highest BCUT2D eigenvalue weighted by Gasteiger charge is 2.32. The molecular formula is C9H19NO2. The summed E-state index contributed by atoms with van der Waals surface area (Å²) in [6, 6.07) is 0. The quantitative estimate of drug-likeness (QED) is 0.647. The standard InChI is InChI=1S/C9H19NO2/c1-3-11-9(12-4-2)5-7-10-8-6-9/h10H,3-8H2,1-2H3. The van der Waals surface area contributed by atoms with E-state index in [-0.39, 0.29) is 5.79 Å². The molecule has 0 radical (unpaired) electrons. The molecule has 0 aromatic heterocycles. The fourth-order valence-electron chi connectivity index (χ4n) is 1.66. The molecule has 1 aliphatic heterocycles. The molecule has 0 amide bonds. The minimum atomic E-state index is -0.283. The van der Waals surface area contributed by atoms with Crippen LogP contribution in [0.15, 0.2) is 0 Å². The zero-order valence-electron chi connectivity index (χ0n) is 8.06. The van der Waals surface area contributed by atoms with E-state index < -0.39 is 0 Å². The summed E-state index contributed by atoms with van der Waals surface area (Å²) >= 11 is 0. The molecule has 1 N–H and O–H groups in total. The van der Waals surface area contributed by atoms with Crippen LogP contribution in [0.25, 0.3) is 0 Å². The second-order valence-electron chi connectivity index (χ2n) is 3.03. The fourth-order valence-corrected chi connectivity index (χ4v) is 1.66. The van der Waals surface area contributed by atoms with Gasteiger partial charge in [-0.1, -0.05) is 0 Å². The third kappa shape index (κ3) is 2.44. The van der Waals surface area contributed by atoms with Gasteiger partial charge in [-0.3, -0.25) is 0 Å². The second kappa shape index (κ2) is 4.80. The lowest BCUT2D eigenvalue weighted by atomic mass is 10.1. The Kier molecular flexibility index (Phi) is 3.98. The SMILES string of the molecule is CCOC1(OCC)CCNCC1. The van der Waals surface area contributed by atoms with Gasteiger partial charge in [0.15, 0.2) is 5.79 Å². The van der Waals surface area contributed by atoms with Gasteiger partial charge in [-0.2, -0.15) is 0 Å². The molecule has 0 unspecified atom stereocenters. The average molecular weight is 173 g/mol. The van der Waals surface area contributed by atoms with Gasteiger partial charge in [-0.05, 0) is 13.8 Å². The Bertz CT molecular complexity index is 106. The van der Waals surface area contributed by atoms with Crippen LogP contribution < -0.4 is 5.32 Å². The van der Waals surface area contributed by atoms with Gasteiger partial charge in [0.2, 0.25) is 0 Å². The number of hydrogen-bond acceptors (Lipinski definition) is 3. The lowest BCUT2D eigenvalue weighted by molar-refractivity contribution is -0.244. The number of piperidine rings is 1. The Labute approximate surface area is 74.4 Å². The predicted octanol–water partition coefficient (Wildman–Crippen LogP) is 1.14. The molecule has 3 heteroatoms. The van der Waals surface area contributed by atoms with E-state index in [1.54, 1.807) is 0 Å². The van der Waals surface area contributed by atoms with Crippen molar-refractivity contribution < 1.29 is 9.47 Å². The van der Waals surface area contributed by atoms with Crippen LogP contribution in [-0.2, 0) is 9.47 Å². The van der Waals surface area contributed by atoms with Gasteiger partial charge in [0, 0.05) is 39.1 Å². The van der Waals surface area contributed by atoms with Gasteiger partial charge in [0.25, 0.3) is 0 Å². The molecule has 0 bridgehead atoms. The van der Waals surface area contributed by atoms with Gasteiger partial charge in [0.1, 0.15) is 0 Å². The molecule has 1 aliphatic rings. The van der Waals surface area contributed by atoms with Crippen molar-refractivity contribution in [2.75, 3.05) is 26.3 Å². The lowest BCUT2D eigenvalue weighted by Gasteiger charge is -2.36. The van der Waals surface area contributed by atoms with Gasteiger partial charge in [-0.15, -0.1) is 0 Å². The summed E-state index contributed by atoms with van der Waals surface area (Å²) in [5, 5.41) is 3.30. The minimum absolute atomic E-state index is 0.283. The van der Waals surface area contributed by atoms with Crippen molar-refractivity contribution in [3.63, 3.8) is 0 Å². The molecule has 1 saturated heterocycles. The smallest absolute Gasteiger partial charge is 0.170 e. The first-order valence-electron chi connectivity index (χ1n) is 4.81. The Morgan fingerprint density at radius 2 is 1.58 bits per heavy atom. The molecule has 0 aromatic carbocycles. The van der Waals surface area contributed by atoms with E-state index in [0.29, 0.717) is 0 Å². The van der Waals surface area contributed by atoms with E-state index >= 15 is 0 Å². The summed E-state index contributed by atoms with van der Waals surface area (Å²) in [5.74, 6) is -0.283. The number of nitrogens with one attached hydrogen (secondary N) is 1. The van der Waals surface area contributed by atoms with E-state index in [1.807, 2.05) is 13.8 Å². The van der Waals surface area contributed by atoms with Crippen LogP contribution in [-0.4, -0.2) is 32.1 Å². The van der Waals surface area contributed by atoms with Crippen molar-refractivity contribution in [2.24, 2.45) is 0 Å². The third-order valence-corrected chi connectivity index (χ3v) is 2.18. The van der Waals surface area contributed by atoms with Crippen molar-refractivity contribution >= 4 is 0 Å². The van der Waals surface area contributed by atoms with Crippen LogP contribution in [0.3, 0.4) is 0 Å². The topological polar surface area (TPSA) is 30.5 Å². The summed E-state index contributed by atoms with van der Waals surface area (Å²) in [7, 11) is 0. The fraction of sp³-hybridized carbons (Fsp3) is 1.00. The molecule has 0 spiro atoms. The van der Waals surface area contributed by atoms with Gasteiger partial charge < -0.3 is 14.8 Å². The second-order valence-corrected chi connectivity index (χ2v) is 3.03. The predicted molar refractivity (Wildman–Crippen MR) is 48.1 cm³/mol. The largest absolute Gasteiger partial charge is 0.350 e. The normalized spacial score (nSPS) is 22.5. The van der Waals surface area contributed by atoms with E-state index in [1.165, 1.54) is 0 Å². The number of ether oxygens (including phenoxy) is 2. The monoisotopic (exact) mass is 173 g/mol. The van der Waals surface area contributed by atoms with Crippen LogP contribution in [0.5, 0.6) is 0 Å². The Hall–Kier alpha value is -0.120. The lowest BCUT2D eigenvalue weighted by Crippen LogP contribution is -2.46. The van der Waals surface area contributed by atoms with Crippen molar-refractivity contribution in [3.8, 4) is 0 Å². The summed E-state index contributed by atoms with van der Waals surface area (Å²) in [6.07, 6.45) is 1.93. The van der Waals surface area contributed by atoms with E-state index in [2.05, 4.69) is 5.32 Å². The maximum absolute atomic E-state index is 5.65. The molecule has 0 atom stereocenters. The number of rotatable bonds is 4. The van der Waals surface area contributed by atoms with Crippen molar-refractivity contribution in [3.05, 3.63) is 0 Å². The van der Waals surface area contributed by atoms with Crippen LogP contribution in [0, 0.1) is 0 Å². The zero-order chi connectivity index (χ0) is 8.86. The first-order chi connectivity index (χ1) is 5.83. The molecule has 3 nitrogen and oxygen atoms in total. The summed E-state index contributed by atoms with van der Waals surface area (Å²) in [4.78, 5) is 0. The van der Waals surface area contributed by atoms with Crippen molar-refractivity contribution in [1.29, 1.82) is 0 Å². The number of hydrogen-bond donors (Lipinski definition) is 1. The molecule has 1 heterocycles. The maximum atomic E-state index is 5.65. The van der Waals surface area contributed by atoms with E-state index in [0.717, 1.165) is 39.1 Å². The van der Waals surface area contributed by atoms with Crippen LogP contribution >= 0.6 is 0 Å². The molecule has 0 aliphatic carbocycles. The van der Waals surface area contributed by atoms with Crippen LogP contribution in [0.4, 0.5) is 0 Å². The third-order valence-electron chi connectivity index (χ3n) is 2.18. The van der Waals surface area contributed by atoms with E-state index in [4.69, 9.17) is 9.47 Å². The van der Waals surface area contributed by atoms with Gasteiger partial charge in [-0.25, -0.2) is 0 Å². The molecule has 72 valence electrons. The summed E-state index contributed by atoms with van der Waals surface area (Å²) in [5.41, 5.74) is 0. The molecule has 1 fully saturated rings. The van der Waals surface area contributed by atoms with Crippen molar-refractivity contribution in [1.82, 2.24) is 5.32 Å². The maximum Gasteiger partial charge on any atom is 0.170 e. The molecular weight excluding hydrogens is 154 g/mol. The summed E-state index contributed by atoms with van der Waals surface area (Å²) in [6.45, 7) is 7.51. The van der Waals surface area contributed by atoms with Crippen LogP contribution in [0.2, 0.25) is 0 Å². The molecule has 0 aromatic rings. The molecule has 0 saturated carbocycles. The highest BCUT2D eigenvalue weighted by Crippen LogP contribution is 2.24.